The van der Waals surface area contributed by atoms with Crippen molar-refractivity contribution in [2.45, 2.75) is 62.4 Å². The van der Waals surface area contributed by atoms with Crippen molar-refractivity contribution in [2.24, 2.45) is 0 Å². The Morgan fingerprint density at radius 2 is 1.87 bits per heavy atom. The number of carbonyl (C=O) groups is 1. The number of amides is 1. The molecule has 0 radical (unpaired) electrons. The Labute approximate surface area is 180 Å². The van der Waals surface area contributed by atoms with Crippen molar-refractivity contribution in [3.63, 3.8) is 0 Å². The minimum atomic E-state index is -0.347. The molecule has 0 spiro atoms. The van der Waals surface area contributed by atoms with E-state index in [2.05, 4.69) is 12.2 Å². The Hall–Kier alpha value is -2.60. The molecule has 1 unspecified atom stereocenters. The number of nitrogens with zero attached hydrogens (tertiary/aromatic N) is 2. The van der Waals surface area contributed by atoms with Crippen molar-refractivity contribution in [2.75, 3.05) is 0 Å². The predicted molar refractivity (Wildman–Crippen MR) is 122 cm³/mol. The summed E-state index contributed by atoms with van der Waals surface area (Å²) in [4.78, 5) is 30.8. The molecular weight excluding hydrogens is 394 g/mol. The zero-order valence-corrected chi connectivity index (χ0v) is 18.2. The van der Waals surface area contributed by atoms with Crippen LogP contribution in [0.3, 0.4) is 0 Å². The highest BCUT2D eigenvalue weighted by Gasteiger charge is 2.23. The number of thioether (sulfide) groups is 1. The van der Waals surface area contributed by atoms with Crippen LogP contribution in [0.15, 0.2) is 58.5 Å². The summed E-state index contributed by atoms with van der Waals surface area (Å²) in [7, 11) is 0. The fraction of sp³-hybridized carbons (Fsp3) is 0.375. The van der Waals surface area contributed by atoms with Crippen molar-refractivity contribution in [1.82, 2.24) is 14.9 Å². The normalized spacial score (nSPS) is 15.4. The smallest absolute Gasteiger partial charge is 0.266 e. The SMILES string of the molecule is CCc1ccc(-n2c(SC(C)C(=O)NC3CCCC3)nc3ccccc3c2=O)cc1. The Balaban J connectivity index is 1.71. The molecule has 30 heavy (non-hydrogen) atoms. The number of aryl methyl sites for hydroxylation is 1. The van der Waals surface area contributed by atoms with Gasteiger partial charge in [-0.1, -0.05) is 55.8 Å². The van der Waals surface area contributed by atoms with Crippen molar-refractivity contribution in [3.8, 4) is 5.69 Å². The number of nitrogens with one attached hydrogen (secondary N) is 1. The fourth-order valence-electron chi connectivity index (χ4n) is 3.90. The molecule has 1 atom stereocenters. The van der Waals surface area contributed by atoms with Crippen LogP contribution >= 0.6 is 11.8 Å². The summed E-state index contributed by atoms with van der Waals surface area (Å²) < 4.78 is 1.63. The van der Waals surface area contributed by atoms with E-state index in [0.29, 0.717) is 16.1 Å². The second-order valence-corrected chi connectivity index (χ2v) is 9.13. The molecule has 156 valence electrons. The van der Waals surface area contributed by atoms with E-state index in [1.165, 1.54) is 30.2 Å². The van der Waals surface area contributed by atoms with E-state index in [0.717, 1.165) is 24.9 Å². The molecule has 0 aliphatic heterocycles. The van der Waals surface area contributed by atoms with Gasteiger partial charge in [0.1, 0.15) is 0 Å². The fourth-order valence-corrected chi connectivity index (χ4v) is 4.84. The minimum Gasteiger partial charge on any atom is -0.352 e. The lowest BCUT2D eigenvalue weighted by molar-refractivity contribution is -0.120. The quantitative estimate of drug-likeness (QED) is 0.471. The molecule has 1 fully saturated rings. The number of hydrogen-bond acceptors (Lipinski definition) is 4. The Morgan fingerprint density at radius 3 is 2.57 bits per heavy atom. The molecule has 0 bridgehead atoms. The van der Waals surface area contributed by atoms with Gasteiger partial charge < -0.3 is 5.32 Å². The highest BCUT2D eigenvalue weighted by molar-refractivity contribution is 8.00. The van der Waals surface area contributed by atoms with Crippen molar-refractivity contribution in [3.05, 3.63) is 64.4 Å². The summed E-state index contributed by atoms with van der Waals surface area (Å²) in [6, 6.07) is 15.6. The van der Waals surface area contributed by atoms with Crippen molar-refractivity contribution in [1.29, 1.82) is 0 Å². The van der Waals surface area contributed by atoms with Gasteiger partial charge in [0, 0.05) is 6.04 Å². The predicted octanol–water partition coefficient (Wildman–Crippen LogP) is 4.49. The molecule has 4 rings (SSSR count). The van der Waals surface area contributed by atoms with Crippen LogP contribution < -0.4 is 10.9 Å². The Morgan fingerprint density at radius 1 is 1.17 bits per heavy atom. The minimum absolute atomic E-state index is 0.00203. The molecule has 0 saturated heterocycles. The van der Waals surface area contributed by atoms with Crippen molar-refractivity contribution >= 4 is 28.6 Å². The van der Waals surface area contributed by atoms with Crippen LogP contribution in [-0.4, -0.2) is 26.8 Å². The second kappa shape index (κ2) is 9.04. The number of aromatic nitrogens is 2. The van der Waals surface area contributed by atoms with E-state index in [1.807, 2.05) is 49.4 Å². The van der Waals surface area contributed by atoms with Crippen molar-refractivity contribution < 1.29 is 4.79 Å². The number of para-hydroxylation sites is 1. The van der Waals surface area contributed by atoms with Crippen LogP contribution in [0, 0.1) is 0 Å². The van der Waals surface area contributed by atoms with Gasteiger partial charge in [-0.2, -0.15) is 0 Å². The summed E-state index contributed by atoms with van der Waals surface area (Å²) in [6.45, 7) is 3.98. The van der Waals surface area contributed by atoms with Crippen LogP contribution in [0.1, 0.15) is 45.1 Å². The third-order valence-electron chi connectivity index (χ3n) is 5.70. The average molecular weight is 422 g/mol. The number of carbonyl (C=O) groups excluding carboxylic acids is 1. The third kappa shape index (κ3) is 4.29. The summed E-state index contributed by atoms with van der Waals surface area (Å²) in [5.41, 5.74) is 2.51. The molecule has 1 amide bonds. The van der Waals surface area contributed by atoms with Gasteiger partial charge in [-0.05, 0) is 56.0 Å². The molecule has 2 aromatic carbocycles. The lowest BCUT2D eigenvalue weighted by atomic mass is 10.1. The van der Waals surface area contributed by atoms with Gasteiger partial charge in [-0.25, -0.2) is 4.98 Å². The molecule has 1 aliphatic rings. The highest BCUT2D eigenvalue weighted by atomic mass is 32.2. The van der Waals surface area contributed by atoms with E-state index in [-0.39, 0.29) is 22.8 Å². The van der Waals surface area contributed by atoms with E-state index in [1.54, 1.807) is 10.6 Å². The van der Waals surface area contributed by atoms with Gasteiger partial charge in [-0.15, -0.1) is 0 Å². The van der Waals surface area contributed by atoms with E-state index in [9.17, 15) is 9.59 Å². The summed E-state index contributed by atoms with van der Waals surface area (Å²) in [6.07, 6.45) is 5.38. The summed E-state index contributed by atoms with van der Waals surface area (Å²) in [5.74, 6) is 0.00203. The highest BCUT2D eigenvalue weighted by Crippen LogP contribution is 2.26. The van der Waals surface area contributed by atoms with E-state index in [4.69, 9.17) is 4.98 Å². The maximum atomic E-state index is 13.3. The average Bonchev–Trinajstić information content (AvgIpc) is 3.27. The second-order valence-electron chi connectivity index (χ2n) is 7.82. The maximum absolute atomic E-state index is 13.3. The zero-order valence-electron chi connectivity index (χ0n) is 17.4. The first kappa shape index (κ1) is 20.7. The number of fused-ring (bicyclic) bond motifs is 1. The first-order valence-electron chi connectivity index (χ1n) is 10.6. The molecule has 1 heterocycles. The Kier molecular flexibility index (Phi) is 6.23. The monoisotopic (exact) mass is 421 g/mol. The van der Waals surface area contributed by atoms with Gasteiger partial charge in [0.15, 0.2) is 5.16 Å². The summed E-state index contributed by atoms with van der Waals surface area (Å²) in [5, 5.41) is 3.92. The lowest BCUT2D eigenvalue weighted by Crippen LogP contribution is -2.38. The largest absolute Gasteiger partial charge is 0.352 e. The number of rotatable bonds is 6. The first-order chi connectivity index (χ1) is 14.6. The van der Waals surface area contributed by atoms with E-state index >= 15 is 0 Å². The molecule has 1 N–H and O–H groups in total. The van der Waals surface area contributed by atoms with Crippen LogP contribution in [0.4, 0.5) is 0 Å². The van der Waals surface area contributed by atoms with Gasteiger partial charge in [0.25, 0.3) is 5.56 Å². The van der Waals surface area contributed by atoms with Crippen LogP contribution in [0.25, 0.3) is 16.6 Å². The molecule has 5 nitrogen and oxygen atoms in total. The van der Waals surface area contributed by atoms with Crippen LogP contribution in [-0.2, 0) is 11.2 Å². The topological polar surface area (TPSA) is 64.0 Å². The zero-order chi connectivity index (χ0) is 21.1. The lowest BCUT2D eigenvalue weighted by Gasteiger charge is -2.18. The van der Waals surface area contributed by atoms with Gasteiger partial charge in [-0.3, -0.25) is 14.2 Å². The van der Waals surface area contributed by atoms with Gasteiger partial charge >= 0.3 is 0 Å². The number of hydrogen-bond donors (Lipinski definition) is 1. The number of benzene rings is 2. The molecule has 1 aliphatic carbocycles. The standard InChI is InChI=1S/C24H27N3O2S/c1-3-17-12-14-19(15-13-17)27-23(29)20-10-6-7-11-21(20)26-24(27)30-16(2)22(28)25-18-8-4-5-9-18/h6-7,10-16,18H,3-5,8-9H2,1-2H3,(H,25,28). The molecule has 1 aromatic heterocycles. The molecular formula is C24H27N3O2S. The Bertz CT molecular complexity index is 1100. The first-order valence-corrected chi connectivity index (χ1v) is 11.5. The third-order valence-corrected chi connectivity index (χ3v) is 6.75. The maximum Gasteiger partial charge on any atom is 0.266 e. The van der Waals surface area contributed by atoms with E-state index < -0.39 is 0 Å². The summed E-state index contributed by atoms with van der Waals surface area (Å²) >= 11 is 1.34. The van der Waals surface area contributed by atoms with Crippen LogP contribution in [0.2, 0.25) is 0 Å². The van der Waals surface area contributed by atoms with Crippen LogP contribution in [0.5, 0.6) is 0 Å². The molecule has 1 saturated carbocycles. The molecule has 6 heteroatoms. The van der Waals surface area contributed by atoms with Gasteiger partial charge in [0.05, 0.1) is 21.8 Å². The van der Waals surface area contributed by atoms with Gasteiger partial charge in [0.2, 0.25) is 5.91 Å². The molecule has 3 aromatic rings.